The minimum atomic E-state index is -0.705. The summed E-state index contributed by atoms with van der Waals surface area (Å²) >= 11 is 6.04. The van der Waals surface area contributed by atoms with Crippen molar-refractivity contribution in [1.29, 1.82) is 0 Å². The highest BCUT2D eigenvalue weighted by atomic mass is 35.5. The largest absolute Gasteiger partial charge is 0.457 e. The first-order valence-corrected chi connectivity index (χ1v) is 6.22. The van der Waals surface area contributed by atoms with E-state index in [2.05, 4.69) is 0 Å². The maximum atomic E-state index is 10.2. The lowest BCUT2D eigenvalue weighted by Crippen LogP contribution is -2.25. The van der Waals surface area contributed by atoms with Gasteiger partial charge < -0.3 is 14.3 Å². The van der Waals surface area contributed by atoms with Crippen molar-refractivity contribution in [2.45, 2.75) is 32.0 Å². The van der Waals surface area contributed by atoms with Gasteiger partial charge >= 0.3 is 0 Å². The highest BCUT2D eigenvalue weighted by Gasteiger charge is 2.25. The summed E-state index contributed by atoms with van der Waals surface area (Å²) in [7, 11) is 1.63. The molecule has 1 N–H and O–H groups in total. The van der Waals surface area contributed by atoms with Crippen LogP contribution in [0.5, 0.6) is 0 Å². The lowest BCUT2D eigenvalue weighted by atomic mass is 9.99. The minimum Gasteiger partial charge on any atom is -0.457 e. The van der Waals surface area contributed by atoms with Gasteiger partial charge in [0, 0.05) is 18.9 Å². The van der Waals surface area contributed by atoms with Crippen LogP contribution in [-0.4, -0.2) is 17.8 Å². The molecular formula is C14H17ClO3. The molecule has 3 nitrogen and oxygen atoms in total. The Hall–Kier alpha value is -1.03. The van der Waals surface area contributed by atoms with E-state index in [4.69, 9.17) is 20.8 Å². The van der Waals surface area contributed by atoms with Crippen LogP contribution in [-0.2, 0) is 4.74 Å². The van der Waals surface area contributed by atoms with Crippen LogP contribution in [0.4, 0.5) is 0 Å². The highest BCUT2D eigenvalue weighted by molar-refractivity contribution is 6.34. The fourth-order valence-electron chi connectivity index (χ4n) is 1.86. The van der Waals surface area contributed by atoms with Gasteiger partial charge in [0.25, 0.3) is 0 Å². The van der Waals surface area contributed by atoms with E-state index < -0.39 is 11.7 Å². The van der Waals surface area contributed by atoms with Crippen molar-refractivity contribution >= 4 is 22.6 Å². The van der Waals surface area contributed by atoms with E-state index in [-0.39, 0.29) is 0 Å². The normalized spacial score (nSPS) is 14.1. The molecule has 98 valence electrons. The first-order chi connectivity index (χ1) is 8.43. The third kappa shape index (κ3) is 2.69. The Labute approximate surface area is 111 Å². The van der Waals surface area contributed by atoms with E-state index in [1.54, 1.807) is 13.2 Å². The van der Waals surface area contributed by atoms with Crippen molar-refractivity contribution < 1.29 is 14.3 Å². The summed E-state index contributed by atoms with van der Waals surface area (Å²) in [4.78, 5) is 0. The fourth-order valence-corrected chi connectivity index (χ4v) is 2.08. The zero-order chi connectivity index (χ0) is 13.3. The molecule has 0 saturated heterocycles. The van der Waals surface area contributed by atoms with E-state index in [0.717, 1.165) is 5.39 Å². The van der Waals surface area contributed by atoms with Gasteiger partial charge in [-0.1, -0.05) is 23.7 Å². The maximum absolute atomic E-state index is 10.2. The van der Waals surface area contributed by atoms with Crippen LogP contribution < -0.4 is 0 Å². The standard InChI is InChI=1S/C14H17ClO3/c1-14(2,17-3)8-11(16)12-7-9-5-4-6-10(15)13(9)18-12/h4-7,11,16H,8H2,1-3H3. The fraction of sp³-hybridized carbons (Fsp3) is 0.429. The number of para-hydroxylation sites is 1. The van der Waals surface area contributed by atoms with E-state index in [9.17, 15) is 5.11 Å². The second-order valence-corrected chi connectivity index (χ2v) is 5.40. The van der Waals surface area contributed by atoms with Gasteiger partial charge in [0.05, 0.1) is 10.6 Å². The Bertz CT molecular complexity index is 545. The molecular weight excluding hydrogens is 252 g/mol. The number of hydrogen-bond donors (Lipinski definition) is 1. The highest BCUT2D eigenvalue weighted by Crippen LogP contribution is 2.32. The van der Waals surface area contributed by atoms with E-state index in [1.807, 2.05) is 32.0 Å². The molecule has 2 rings (SSSR count). The number of rotatable bonds is 4. The summed E-state index contributed by atoms with van der Waals surface area (Å²) in [5.41, 5.74) is 0.214. The van der Waals surface area contributed by atoms with Crippen LogP contribution in [0, 0.1) is 0 Å². The number of fused-ring (bicyclic) bond motifs is 1. The molecule has 1 heterocycles. The number of methoxy groups -OCH3 is 1. The zero-order valence-corrected chi connectivity index (χ0v) is 11.5. The van der Waals surface area contributed by atoms with Crippen molar-refractivity contribution in [1.82, 2.24) is 0 Å². The van der Waals surface area contributed by atoms with E-state index in [0.29, 0.717) is 22.8 Å². The van der Waals surface area contributed by atoms with Gasteiger partial charge in [0.2, 0.25) is 0 Å². The molecule has 1 unspecified atom stereocenters. The second kappa shape index (κ2) is 4.92. The van der Waals surface area contributed by atoms with Crippen molar-refractivity contribution in [2.75, 3.05) is 7.11 Å². The summed E-state index contributed by atoms with van der Waals surface area (Å²) < 4.78 is 10.9. The molecule has 0 spiro atoms. The molecule has 2 aromatic rings. The van der Waals surface area contributed by atoms with Gasteiger partial charge in [-0.2, -0.15) is 0 Å². The summed E-state index contributed by atoms with van der Waals surface area (Å²) in [6.45, 7) is 3.84. The van der Waals surface area contributed by atoms with Crippen LogP contribution in [0.3, 0.4) is 0 Å². The summed E-state index contributed by atoms with van der Waals surface area (Å²) in [6, 6.07) is 7.35. The SMILES string of the molecule is COC(C)(C)CC(O)c1cc2cccc(Cl)c2o1. The van der Waals surface area contributed by atoms with Gasteiger partial charge in [-0.05, 0) is 26.0 Å². The predicted molar refractivity (Wildman–Crippen MR) is 71.9 cm³/mol. The molecule has 1 atom stereocenters. The number of halogens is 1. The van der Waals surface area contributed by atoms with Gasteiger partial charge in [0.15, 0.2) is 5.58 Å². The molecule has 1 aromatic carbocycles. The van der Waals surface area contributed by atoms with Crippen molar-refractivity contribution in [3.05, 3.63) is 35.0 Å². The Morgan fingerprint density at radius 1 is 1.44 bits per heavy atom. The molecule has 0 fully saturated rings. The van der Waals surface area contributed by atoms with Crippen molar-refractivity contribution in [3.63, 3.8) is 0 Å². The van der Waals surface area contributed by atoms with E-state index >= 15 is 0 Å². The maximum Gasteiger partial charge on any atom is 0.152 e. The molecule has 0 aliphatic carbocycles. The molecule has 0 aliphatic heterocycles. The molecule has 0 bridgehead atoms. The molecule has 0 radical (unpaired) electrons. The molecule has 18 heavy (non-hydrogen) atoms. The summed E-state index contributed by atoms with van der Waals surface area (Å²) in [6.07, 6.45) is -0.246. The number of aliphatic hydroxyl groups is 1. The Balaban J connectivity index is 2.29. The lowest BCUT2D eigenvalue weighted by Gasteiger charge is -2.24. The Morgan fingerprint density at radius 3 is 2.78 bits per heavy atom. The first kappa shape index (κ1) is 13.4. The van der Waals surface area contributed by atoms with Crippen molar-refractivity contribution in [2.24, 2.45) is 0 Å². The molecule has 0 saturated carbocycles. The van der Waals surface area contributed by atoms with Crippen LogP contribution in [0.2, 0.25) is 5.02 Å². The van der Waals surface area contributed by atoms with Crippen LogP contribution in [0.25, 0.3) is 11.0 Å². The smallest absolute Gasteiger partial charge is 0.152 e. The van der Waals surface area contributed by atoms with Gasteiger partial charge in [-0.3, -0.25) is 0 Å². The quantitative estimate of drug-likeness (QED) is 0.913. The minimum absolute atomic E-state index is 0.401. The average Bonchev–Trinajstić information content (AvgIpc) is 2.74. The third-order valence-electron chi connectivity index (χ3n) is 3.08. The lowest BCUT2D eigenvalue weighted by molar-refractivity contribution is -0.0245. The van der Waals surface area contributed by atoms with Crippen molar-refractivity contribution in [3.8, 4) is 0 Å². The molecule has 1 aromatic heterocycles. The average molecular weight is 269 g/mol. The molecule has 0 amide bonds. The monoisotopic (exact) mass is 268 g/mol. The third-order valence-corrected chi connectivity index (χ3v) is 3.38. The topological polar surface area (TPSA) is 42.6 Å². The number of ether oxygens (including phenoxy) is 1. The van der Waals surface area contributed by atoms with Crippen LogP contribution >= 0.6 is 11.6 Å². The predicted octanol–water partition coefficient (Wildman–Crippen LogP) is 3.93. The first-order valence-electron chi connectivity index (χ1n) is 5.84. The number of aliphatic hydroxyl groups excluding tert-OH is 1. The zero-order valence-electron chi connectivity index (χ0n) is 10.7. The van der Waals surface area contributed by atoms with Gasteiger partial charge in [-0.25, -0.2) is 0 Å². The summed E-state index contributed by atoms with van der Waals surface area (Å²) in [5.74, 6) is 0.517. The van der Waals surface area contributed by atoms with Crippen LogP contribution in [0.15, 0.2) is 28.7 Å². The van der Waals surface area contributed by atoms with Crippen LogP contribution in [0.1, 0.15) is 32.1 Å². The van der Waals surface area contributed by atoms with E-state index in [1.165, 1.54) is 0 Å². The second-order valence-electron chi connectivity index (χ2n) is 4.99. The Morgan fingerprint density at radius 2 is 2.17 bits per heavy atom. The number of hydrogen-bond acceptors (Lipinski definition) is 3. The number of furan rings is 1. The van der Waals surface area contributed by atoms with Gasteiger partial charge in [-0.15, -0.1) is 0 Å². The van der Waals surface area contributed by atoms with Gasteiger partial charge in [0.1, 0.15) is 11.9 Å². The molecule has 4 heteroatoms. The molecule has 0 aliphatic rings. The summed E-state index contributed by atoms with van der Waals surface area (Å²) in [5, 5.41) is 11.6. The number of benzene rings is 1. The Kier molecular flexibility index (Phi) is 3.66.